The molecule has 0 aliphatic rings. The summed E-state index contributed by atoms with van der Waals surface area (Å²) in [6, 6.07) is 10.2. The lowest BCUT2D eigenvalue weighted by Gasteiger charge is -2.17. The number of aliphatic hydroxyl groups is 1. The molecule has 0 saturated heterocycles. The molecular weight excluding hydrogens is 299 g/mol. The second-order valence-corrected chi connectivity index (χ2v) is 5.02. The van der Waals surface area contributed by atoms with Crippen molar-refractivity contribution >= 4 is 23.2 Å². The van der Waals surface area contributed by atoms with Crippen LogP contribution in [0.3, 0.4) is 0 Å². The lowest BCUT2D eigenvalue weighted by Crippen LogP contribution is -2.03. The highest BCUT2D eigenvalue weighted by Gasteiger charge is 2.18. The molecular formula is C15H14Cl2O3. The van der Waals surface area contributed by atoms with Gasteiger partial charge in [0.1, 0.15) is 17.6 Å². The summed E-state index contributed by atoms with van der Waals surface area (Å²) in [5.41, 5.74) is 1.18. The van der Waals surface area contributed by atoms with E-state index in [-0.39, 0.29) is 0 Å². The molecule has 0 heterocycles. The first-order valence-corrected chi connectivity index (χ1v) is 6.67. The minimum atomic E-state index is -0.902. The van der Waals surface area contributed by atoms with Crippen molar-refractivity contribution < 1.29 is 14.6 Å². The number of benzene rings is 2. The van der Waals surface area contributed by atoms with Crippen LogP contribution in [0.4, 0.5) is 0 Å². The van der Waals surface area contributed by atoms with Gasteiger partial charge in [-0.15, -0.1) is 0 Å². The smallest absolute Gasteiger partial charge is 0.128 e. The predicted molar refractivity (Wildman–Crippen MR) is 80.1 cm³/mol. The van der Waals surface area contributed by atoms with E-state index in [1.807, 2.05) is 0 Å². The standard InChI is InChI=1S/C15H14Cl2O3/c1-19-10-4-6-12(14(8-10)20-2)15(18)11-5-3-9(16)7-13(11)17/h3-8,15,18H,1-2H3/t15-/m1/s1. The van der Waals surface area contributed by atoms with Crippen LogP contribution in [-0.2, 0) is 0 Å². The van der Waals surface area contributed by atoms with E-state index >= 15 is 0 Å². The zero-order valence-corrected chi connectivity index (χ0v) is 12.6. The fourth-order valence-corrected chi connectivity index (χ4v) is 2.45. The van der Waals surface area contributed by atoms with E-state index in [9.17, 15) is 5.11 Å². The SMILES string of the molecule is COc1ccc([C@H](O)c2ccc(Cl)cc2Cl)c(OC)c1. The van der Waals surface area contributed by atoms with Gasteiger partial charge in [-0.2, -0.15) is 0 Å². The normalized spacial score (nSPS) is 12.1. The van der Waals surface area contributed by atoms with E-state index < -0.39 is 6.10 Å². The van der Waals surface area contributed by atoms with Crippen LogP contribution in [0.25, 0.3) is 0 Å². The monoisotopic (exact) mass is 312 g/mol. The maximum atomic E-state index is 10.5. The lowest BCUT2D eigenvalue weighted by atomic mass is 10.0. The zero-order valence-electron chi connectivity index (χ0n) is 11.1. The Balaban J connectivity index is 2.44. The molecule has 0 unspecified atom stereocenters. The highest BCUT2D eigenvalue weighted by Crippen LogP contribution is 2.36. The Morgan fingerprint density at radius 2 is 1.65 bits per heavy atom. The van der Waals surface area contributed by atoms with Crippen LogP contribution in [0.1, 0.15) is 17.2 Å². The highest BCUT2D eigenvalue weighted by atomic mass is 35.5. The Bertz CT molecular complexity index is 614. The Morgan fingerprint density at radius 3 is 2.25 bits per heavy atom. The molecule has 5 heteroatoms. The molecule has 0 spiro atoms. The summed E-state index contributed by atoms with van der Waals surface area (Å²) in [4.78, 5) is 0. The van der Waals surface area contributed by atoms with Gasteiger partial charge in [0.2, 0.25) is 0 Å². The number of hydrogen-bond acceptors (Lipinski definition) is 3. The van der Waals surface area contributed by atoms with Gasteiger partial charge < -0.3 is 14.6 Å². The average Bonchev–Trinajstić information content (AvgIpc) is 2.46. The maximum absolute atomic E-state index is 10.5. The molecule has 1 N–H and O–H groups in total. The van der Waals surface area contributed by atoms with Crippen LogP contribution in [0.5, 0.6) is 11.5 Å². The molecule has 1 atom stereocenters. The second-order valence-electron chi connectivity index (χ2n) is 4.18. The van der Waals surface area contributed by atoms with Crippen molar-refractivity contribution in [3.63, 3.8) is 0 Å². The van der Waals surface area contributed by atoms with E-state index in [1.54, 1.807) is 43.5 Å². The zero-order chi connectivity index (χ0) is 14.7. The molecule has 106 valence electrons. The fourth-order valence-electron chi connectivity index (χ4n) is 1.94. The van der Waals surface area contributed by atoms with Gasteiger partial charge >= 0.3 is 0 Å². The number of halogens is 2. The quantitative estimate of drug-likeness (QED) is 0.924. The molecule has 2 aromatic rings. The van der Waals surface area contributed by atoms with E-state index in [0.29, 0.717) is 32.7 Å². The van der Waals surface area contributed by atoms with Crippen LogP contribution in [0.2, 0.25) is 10.0 Å². The molecule has 0 fully saturated rings. The van der Waals surface area contributed by atoms with Crippen molar-refractivity contribution in [3.05, 3.63) is 57.6 Å². The molecule has 2 aromatic carbocycles. The molecule has 0 radical (unpaired) electrons. The number of methoxy groups -OCH3 is 2. The Morgan fingerprint density at radius 1 is 0.950 bits per heavy atom. The molecule has 0 saturated carbocycles. The molecule has 20 heavy (non-hydrogen) atoms. The topological polar surface area (TPSA) is 38.7 Å². The average molecular weight is 313 g/mol. The number of rotatable bonds is 4. The van der Waals surface area contributed by atoms with Gasteiger partial charge in [-0.25, -0.2) is 0 Å². The van der Waals surface area contributed by atoms with Crippen LogP contribution in [0.15, 0.2) is 36.4 Å². The van der Waals surface area contributed by atoms with E-state index in [0.717, 1.165) is 0 Å². The van der Waals surface area contributed by atoms with Crippen LogP contribution >= 0.6 is 23.2 Å². The van der Waals surface area contributed by atoms with E-state index in [4.69, 9.17) is 32.7 Å². The highest BCUT2D eigenvalue weighted by molar-refractivity contribution is 6.35. The van der Waals surface area contributed by atoms with Crippen molar-refractivity contribution in [2.75, 3.05) is 14.2 Å². The molecule has 0 aliphatic heterocycles. The summed E-state index contributed by atoms with van der Waals surface area (Å²) in [7, 11) is 3.11. The van der Waals surface area contributed by atoms with Gasteiger partial charge in [-0.1, -0.05) is 29.3 Å². The number of aliphatic hydroxyl groups excluding tert-OH is 1. The lowest BCUT2D eigenvalue weighted by molar-refractivity contribution is 0.214. The third-order valence-corrected chi connectivity index (χ3v) is 3.55. The van der Waals surface area contributed by atoms with Gasteiger partial charge in [0.05, 0.1) is 14.2 Å². The van der Waals surface area contributed by atoms with Crippen LogP contribution in [-0.4, -0.2) is 19.3 Å². The Labute approximate surface area is 127 Å². The summed E-state index contributed by atoms with van der Waals surface area (Å²) >= 11 is 12.0. The van der Waals surface area contributed by atoms with Gasteiger partial charge in [0.15, 0.2) is 0 Å². The largest absolute Gasteiger partial charge is 0.497 e. The van der Waals surface area contributed by atoms with Crippen molar-refractivity contribution in [3.8, 4) is 11.5 Å². The Hall–Kier alpha value is -1.42. The molecule has 0 bridgehead atoms. The maximum Gasteiger partial charge on any atom is 0.128 e. The number of ether oxygens (including phenoxy) is 2. The summed E-state index contributed by atoms with van der Waals surface area (Å²) in [5.74, 6) is 1.18. The van der Waals surface area contributed by atoms with Crippen LogP contribution in [0, 0.1) is 0 Å². The molecule has 0 aliphatic carbocycles. The third kappa shape index (κ3) is 3.01. The molecule has 0 aromatic heterocycles. The molecule has 3 nitrogen and oxygen atoms in total. The van der Waals surface area contributed by atoms with Crippen molar-refractivity contribution in [2.45, 2.75) is 6.10 Å². The minimum absolute atomic E-state index is 0.405. The van der Waals surface area contributed by atoms with Crippen molar-refractivity contribution in [2.24, 2.45) is 0 Å². The van der Waals surface area contributed by atoms with Gasteiger partial charge in [-0.05, 0) is 24.3 Å². The van der Waals surface area contributed by atoms with Gasteiger partial charge in [0.25, 0.3) is 0 Å². The van der Waals surface area contributed by atoms with Gasteiger partial charge in [-0.3, -0.25) is 0 Å². The summed E-state index contributed by atoms with van der Waals surface area (Å²) in [5, 5.41) is 11.4. The summed E-state index contributed by atoms with van der Waals surface area (Å²) in [6.45, 7) is 0. The van der Waals surface area contributed by atoms with E-state index in [1.165, 1.54) is 7.11 Å². The first kappa shape index (κ1) is 15.0. The summed E-state index contributed by atoms with van der Waals surface area (Å²) < 4.78 is 10.4. The second kappa shape index (κ2) is 6.35. The first-order chi connectivity index (χ1) is 9.56. The van der Waals surface area contributed by atoms with Gasteiger partial charge in [0, 0.05) is 27.2 Å². The first-order valence-electron chi connectivity index (χ1n) is 5.91. The summed E-state index contributed by atoms with van der Waals surface area (Å²) in [6.07, 6.45) is -0.902. The van der Waals surface area contributed by atoms with E-state index in [2.05, 4.69) is 0 Å². The third-order valence-electron chi connectivity index (χ3n) is 2.99. The Kier molecular flexibility index (Phi) is 4.76. The van der Waals surface area contributed by atoms with Crippen molar-refractivity contribution in [1.82, 2.24) is 0 Å². The minimum Gasteiger partial charge on any atom is -0.497 e. The number of hydrogen-bond donors (Lipinski definition) is 1. The molecule has 2 rings (SSSR count). The molecule has 0 amide bonds. The van der Waals surface area contributed by atoms with Crippen LogP contribution < -0.4 is 9.47 Å². The van der Waals surface area contributed by atoms with Crippen molar-refractivity contribution in [1.29, 1.82) is 0 Å². The fraction of sp³-hybridized carbons (Fsp3) is 0.200. The predicted octanol–water partition coefficient (Wildman–Crippen LogP) is 4.09.